The Morgan fingerprint density at radius 2 is 1.89 bits per heavy atom. The maximum atomic E-state index is 14.2. The van der Waals surface area contributed by atoms with E-state index in [0.29, 0.717) is 6.42 Å². The van der Waals surface area contributed by atoms with Gasteiger partial charge in [0.1, 0.15) is 11.6 Å². The summed E-state index contributed by atoms with van der Waals surface area (Å²) in [5.41, 5.74) is 7.97. The van der Waals surface area contributed by atoms with Gasteiger partial charge in [-0.05, 0) is 94.1 Å². The third kappa shape index (κ3) is 7.95. The molecule has 0 radical (unpaired) electrons. The Hall–Kier alpha value is -3.66. The minimum Gasteiger partial charge on any atom is -0.481 e. The van der Waals surface area contributed by atoms with Crippen molar-refractivity contribution in [3.8, 4) is 22.4 Å². The number of nitrogens with one attached hydrogen (secondary N) is 1. The third-order valence-corrected chi connectivity index (χ3v) is 8.24. The highest BCUT2D eigenvalue weighted by Gasteiger charge is 2.35. The van der Waals surface area contributed by atoms with Crippen LogP contribution in [0.15, 0.2) is 42.5 Å². The van der Waals surface area contributed by atoms with Crippen LogP contribution in [0.25, 0.3) is 28.5 Å². The topological polar surface area (TPSA) is 96.8 Å². The fourth-order valence-electron chi connectivity index (χ4n) is 6.31. The van der Waals surface area contributed by atoms with Crippen molar-refractivity contribution in [1.29, 1.82) is 0 Å². The minimum absolute atomic E-state index is 0.0874. The van der Waals surface area contributed by atoms with Crippen molar-refractivity contribution in [3.05, 3.63) is 70.8 Å². The molecule has 1 aromatic carbocycles. The van der Waals surface area contributed by atoms with Gasteiger partial charge in [-0.1, -0.05) is 38.1 Å². The number of ether oxygens (including phenoxy) is 2. The number of hydrogen-bond donors (Lipinski definition) is 2. The van der Waals surface area contributed by atoms with Gasteiger partial charge in [0.15, 0.2) is 5.79 Å². The van der Waals surface area contributed by atoms with E-state index in [-0.39, 0.29) is 24.3 Å². The van der Waals surface area contributed by atoms with E-state index in [1.54, 1.807) is 0 Å². The van der Waals surface area contributed by atoms with Gasteiger partial charge >= 0.3 is 5.97 Å². The Balaban J connectivity index is 1.62. The highest BCUT2D eigenvalue weighted by Crippen LogP contribution is 2.42. The highest BCUT2D eigenvalue weighted by molar-refractivity contribution is 5.85. The number of benzene rings is 1. The zero-order valence-corrected chi connectivity index (χ0v) is 27.2. The number of halogens is 1. The standard InChI is InChI=1S/C36H45FN4O4/c1-22(2)34-29(15-14-25-20-26(21-32(42)43)45-36(3,4)44-25)33(23-10-12-24(37)13-11-23)28-8-7-9-30-27(35(28)40-34)16-17-31(39-30)38-18-19-41(5)6/h10-17,22,25-26H,7-9,18-21H2,1-6H3,(H,38,39)(H,42,43)/b15-14+/t25-,26-/m1/s1. The molecule has 1 aliphatic carbocycles. The number of nitrogens with zero attached hydrogens (tertiary/aromatic N) is 3. The summed E-state index contributed by atoms with van der Waals surface area (Å²) in [4.78, 5) is 24.0. The lowest BCUT2D eigenvalue weighted by Gasteiger charge is -2.39. The van der Waals surface area contributed by atoms with Crippen molar-refractivity contribution in [3.63, 3.8) is 0 Å². The van der Waals surface area contributed by atoms with Gasteiger partial charge in [-0.3, -0.25) is 9.78 Å². The Labute approximate surface area is 265 Å². The number of likely N-dealkylation sites (N-methyl/N-ethyl adjacent to an activating group) is 1. The molecular formula is C36H45FN4O4. The molecule has 45 heavy (non-hydrogen) atoms. The first-order chi connectivity index (χ1) is 21.4. The SMILES string of the molecule is CC(C)c1nc2c(c(-c3ccc(F)cc3)c1/C=C/[C@@H]1C[C@H](CC(=O)O)OC(C)(C)O1)CCCc1nc(NCCN(C)C)ccc1-2. The van der Waals surface area contributed by atoms with Crippen LogP contribution in [-0.4, -0.2) is 71.1 Å². The summed E-state index contributed by atoms with van der Waals surface area (Å²) in [6.07, 6.45) is 6.13. The van der Waals surface area contributed by atoms with Crippen LogP contribution in [0.2, 0.25) is 0 Å². The molecule has 1 saturated heterocycles. The largest absolute Gasteiger partial charge is 0.481 e. The summed E-state index contributed by atoms with van der Waals surface area (Å²) in [7, 11) is 4.10. The number of aromatic nitrogens is 2. The number of hydrogen-bond acceptors (Lipinski definition) is 7. The molecule has 0 amide bonds. The fraction of sp³-hybridized carbons (Fsp3) is 0.472. The first-order valence-electron chi connectivity index (χ1n) is 15.9. The predicted molar refractivity (Wildman–Crippen MR) is 176 cm³/mol. The second kappa shape index (κ2) is 13.8. The van der Waals surface area contributed by atoms with Crippen molar-refractivity contribution < 1.29 is 23.8 Å². The quantitative estimate of drug-likeness (QED) is 0.253. The Bertz CT molecular complexity index is 1550. The lowest BCUT2D eigenvalue weighted by Crippen LogP contribution is -2.44. The smallest absolute Gasteiger partial charge is 0.305 e. The summed E-state index contributed by atoms with van der Waals surface area (Å²) in [5.74, 6) is -1.15. The van der Waals surface area contributed by atoms with E-state index in [1.165, 1.54) is 12.1 Å². The average molecular weight is 617 g/mol. The molecule has 0 saturated carbocycles. The van der Waals surface area contributed by atoms with Gasteiger partial charge in [-0.2, -0.15) is 0 Å². The van der Waals surface area contributed by atoms with Crippen LogP contribution < -0.4 is 5.32 Å². The van der Waals surface area contributed by atoms with Gasteiger partial charge in [0.2, 0.25) is 0 Å². The molecule has 1 aliphatic heterocycles. The van der Waals surface area contributed by atoms with Crippen molar-refractivity contribution in [2.75, 3.05) is 32.5 Å². The number of carboxylic acids is 1. The van der Waals surface area contributed by atoms with Gasteiger partial charge in [0.25, 0.3) is 0 Å². The van der Waals surface area contributed by atoms with Crippen LogP contribution >= 0.6 is 0 Å². The van der Waals surface area contributed by atoms with E-state index in [2.05, 4.69) is 50.3 Å². The molecule has 0 unspecified atom stereocenters. The van der Waals surface area contributed by atoms with E-state index in [1.807, 2.05) is 38.1 Å². The van der Waals surface area contributed by atoms with E-state index in [9.17, 15) is 14.3 Å². The number of aryl methyl sites for hydroxylation is 1. The molecule has 3 heterocycles. The first kappa shape index (κ1) is 32.7. The Morgan fingerprint density at radius 3 is 2.58 bits per heavy atom. The maximum absolute atomic E-state index is 14.2. The monoisotopic (exact) mass is 616 g/mol. The summed E-state index contributed by atoms with van der Waals surface area (Å²) in [6.45, 7) is 9.60. The molecule has 2 atom stereocenters. The number of rotatable bonds is 10. The lowest BCUT2D eigenvalue weighted by molar-refractivity contribution is -0.290. The van der Waals surface area contributed by atoms with Crippen LogP contribution in [-0.2, 0) is 27.1 Å². The van der Waals surface area contributed by atoms with E-state index in [4.69, 9.17) is 19.4 Å². The van der Waals surface area contributed by atoms with Gasteiger partial charge < -0.3 is 24.8 Å². The minimum atomic E-state index is -0.920. The zero-order chi connectivity index (χ0) is 32.3. The summed E-state index contributed by atoms with van der Waals surface area (Å²) >= 11 is 0. The summed E-state index contributed by atoms with van der Waals surface area (Å²) < 4.78 is 26.3. The molecule has 2 aromatic heterocycles. The molecule has 5 rings (SSSR count). The maximum Gasteiger partial charge on any atom is 0.305 e. The predicted octanol–water partition coefficient (Wildman–Crippen LogP) is 6.93. The molecule has 8 nitrogen and oxygen atoms in total. The van der Waals surface area contributed by atoms with Crippen LogP contribution in [0.3, 0.4) is 0 Å². The Morgan fingerprint density at radius 1 is 1.13 bits per heavy atom. The Kier molecular flexibility index (Phi) is 10.0. The molecule has 0 bridgehead atoms. The van der Waals surface area contributed by atoms with Crippen molar-refractivity contribution in [2.24, 2.45) is 0 Å². The van der Waals surface area contributed by atoms with Crippen LogP contribution in [0.1, 0.15) is 75.4 Å². The van der Waals surface area contributed by atoms with Crippen molar-refractivity contribution in [2.45, 2.75) is 83.7 Å². The second-order valence-corrected chi connectivity index (χ2v) is 13.0. The number of pyridine rings is 2. The molecule has 3 aromatic rings. The van der Waals surface area contributed by atoms with Gasteiger partial charge in [0.05, 0.1) is 35.7 Å². The summed E-state index contributed by atoms with van der Waals surface area (Å²) in [6, 6.07) is 10.8. The number of carbonyl (C=O) groups is 1. The number of aliphatic carboxylic acids is 1. The number of anilines is 1. The van der Waals surface area contributed by atoms with E-state index < -0.39 is 17.9 Å². The number of carboxylic acid groups (broad SMARTS) is 1. The van der Waals surface area contributed by atoms with Crippen molar-refractivity contribution >= 4 is 17.9 Å². The highest BCUT2D eigenvalue weighted by atomic mass is 19.1. The zero-order valence-electron chi connectivity index (χ0n) is 27.2. The molecule has 2 N–H and O–H groups in total. The molecule has 240 valence electrons. The molecule has 1 fully saturated rings. The number of fused-ring (bicyclic) bond motifs is 3. The van der Waals surface area contributed by atoms with Crippen LogP contribution in [0.4, 0.5) is 10.2 Å². The molecule has 2 aliphatic rings. The van der Waals surface area contributed by atoms with Gasteiger partial charge in [-0.25, -0.2) is 9.37 Å². The third-order valence-electron chi connectivity index (χ3n) is 8.24. The molecule has 0 spiro atoms. The first-order valence-corrected chi connectivity index (χ1v) is 15.9. The second-order valence-electron chi connectivity index (χ2n) is 13.0. The van der Waals surface area contributed by atoms with Gasteiger partial charge in [0, 0.05) is 30.6 Å². The van der Waals surface area contributed by atoms with Crippen LogP contribution in [0, 0.1) is 5.82 Å². The van der Waals surface area contributed by atoms with E-state index >= 15 is 0 Å². The van der Waals surface area contributed by atoms with Gasteiger partial charge in [-0.15, -0.1) is 0 Å². The molecule has 9 heteroatoms. The normalized spacial score (nSPS) is 19.4. The average Bonchev–Trinajstić information content (AvgIpc) is 3.13. The van der Waals surface area contributed by atoms with Crippen molar-refractivity contribution in [1.82, 2.24) is 14.9 Å². The fourth-order valence-corrected chi connectivity index (χ4v) is 6.31. The molecular weight excluding hydrogens is 571 g/mol. The summed E-state index contributed by atoms with van der Waals surface area (Å²) in [5, 5.41) is 12.9. The van der Waals surface area contributed by atoms with Crippen LogP contribution in [0.5, 0.6) is 0 Å². The lowest BCUT2D eigenvalue weighted by atomic mass is 9.86. The van der Waals surface area contributed by atoms with E-state index in [0.717, 1.165) is 83.1 Å².